The number of halogens is 1. The molecule has 4 rings (SSSR count). The number of carbonyl (C=O) groups excluding carboxylic acids is 1. The van der Waals surface area contributed by atoms with Crippen LogP contribution in [0.25, 0.3) is 0 Å². The van der Waals surface area contributed by atoms with Crippen LogP contribution in [-0.2, 0) is 11.2 Å². The lowest BCUT2D eigenvalue weighted by Gasteiger charge is -2.04. The molecule has 0 bridgehead atoms. The normalized spacial score (nSPS) is 22.4. The molecular formula is C18H20ClN3O2. The fourth-order valence-corrected chi connectivity index (χ4v) is 3.21. The van der Waals surface area contributed by atoms with Gasteiger partial charge in [-0.2, -0.15) is 4.98 Å². The topological polar surface area (TPSA) is 68.0 Å². The smallest absolute Gasteiger partial charge is 0.226 e. The Hall–Kier alpha value is -1.88. The number of hydrogen-bond acceptors (Lipinski definition) is 4. The van der Waals surface area contributed by atoms with E-state index in [-0.39, 0.29) is 11.9 Å². The summed E-state index contributed by atoms with van der Waals surface area (Å²) in [5, 5.41) is 7.83. The zero-order valence-electron chi connectivity index (χ0n) is 13.4. The van der Waals surface area contributed by atoms with Gasteiger partial charge in [-0.1, -0.05) is 28.9 Å². The van der Waals surface area contributed by atoms with E-state index in [0.717, 1.165) is 36.5 Å². The van der Waals surface area contributed by atoms with E-state index < -0.39 is 0 Å². The molecule has 0 saturated heterocycles. The minimum absolute atomic E-state index is 0.0893. The highest BCUT2D eigenvalue weighted by molar-refractivity contribution is 6.30. The minimum atomic E-state index is 0.0893. The number of nitrogens with zero attached hydrogens (tertiary/aromatic N) is 2. The molecule has 1 heterocycles. The minimum Gasteiger partial charge on any atom is -0.353 e. The average Bonchev–Trinajstić information content (AvgIpc) is 3.48. The number of carbonyl (C=O) groups is 1. The quantitative estimate of drug-likeness (QED) is 0.832. The fourth-order valence-electron chi connectivity index (χ4n) is 3.02. The Labute approximate surface area is 145 Å². The van der Waals surface area contributed by atoms with Gasteiger partial charge < -0.3 is 9.84 Å². The Morgan fingerprint density at radius 1 is 1.38 bits per heavy atom. The van der Waals surface area contributed by atoms with Crippen LogP contribution in [0.5, 0.6) is 0 Å². The third-order valence-corrected chi connectivity index (χ3v) is 4.87. The van der Waals surface area contributed by atoms with Crippen molar-refractivity contribution >= 4 is 17.5 Å². The molecule has 2 aromatic rings. The standard InChI is InChI=1S/C18H20ClN3O2/c19-13-4-1-3-12(9-13)14-10-15(14)20-16(23)5-2-6-17-21-18(22-24-17)11-7-8-11/h1,3-4,9,11,14-15H,2,5-8,10H2,(H,20,23)/t14-,15+/m1/s1. The molecular weight excluding hydrogens is 326 g/mol. The number of hydrogen-bond donors (Lipinski definition) is 1. The van der Waals surface area contributed by atoms with Crippen molar-refractivity contribution in [2.45, 2.75) is 56.4 Å². The molecule has 1 N–H and O–H groups in total. The molecule has 126 valence electrons. The first-order valence-electron chi connectivity index (χ1n) is 8.56. The first-order chi connectivity index (χ1) is 11.7. The average molecular weight is 346 g/mol. The third-order valence-electron chi connectivity index (χ3n) is 4.63. The maximum atomic E-state index is 12.0. The van der Waals surface area contributed by atoms with Gasteiger partial charge in [-0.3, -0.25) is 4.79 Å². The summed E-state index contributed by atoms with van der Waals surface area (Å²) >= 11 is 6.01. The highest BCUT2D eigenvalue weighted by Gasteiger charge is 2.39. The van der Waals surface area contributed by atoms with Crippen molar-refractivity contribution in [3.63, 3.8) is 0 Å². The van der Waals surface area contributed by atoms with E-state index in [1.807, 2.05) is 18.2 Å². The number of aromatic nitrogens is 2. The second kappa shape index (κ2) is 6.55. The van der Waals surface area contributed by atoms with Crippen molar-refractivity contribution in [1.82, 2.24) is 15.5 Å². The van der Waals surface area contributed by atoms with Gasteiger partial charge in [0.05, 0.1) is 0 Å². The van der Waals surface area contributed by atoms with Gasteiger partial charge in [-0.05, 0) is 43.4 Å². The molecule has 2 aliphatic rings. The number of rotatable bonds is 7. The molecule has 2 fully saturated rings. The molecule has 2 saturated carbocycles. The van der Waals surface area contributed by atoms with Gasteiger partial charge in [-0.25, -0.2) is 0 Å². The van der Waals surface area contributed by atoms with Crippen LogP contribution in [0, 0.1) is 0 Å². The first kappa shape index (κ1) is 15.6. The van der Waals surface area contributed by atoms with E-state index in [0.29, 0.717) is 30.6 Å². The van der Waals surface area contributed by atoms with Gasteiger partial charge in [0.2, 0.25) is 11.8 Å². The van der Waals surface area contributed by atoms with Crippen LogP contribution < -0.4 is 5.32 Å². The first-order valence-corrected chi connectivity index (χ1v) is 8.94. The molecule has 0 radical (unpaired) electrons. The summed E-state index contributed by atoms with van der Waals surface area (Å²) in [7, 11) is 0. The summed E-state index contributed by atoms with van der Waals surface area (Å²) in [5.74, 6) is 2.46. The number of amides is 1. The van der Waals surface area contributed by atoms with Gasteiger partial charge in [-0.15, -0.1) is 0 Å². The largest absolute Gasteiger partial charge is 0.353 e. The van der Waals surface area contributed by atoms with Gasteiger partial charge in [0.25, 0.3) is 0 Å². The molecule has 1 aromatic carbocycles. The lowest BCUT2D eigenvalue weighted by atomic mass is 10.1. The summed E-state index contributed by atoms with van der Waals surface area (Å²) in [6, 6.07) is 8.10. The zero-order chi connectivity index (χ0) is 16.5. The van der Waals surface area contributed by atoms with Crippen LogP contribution in [0.15, 0.2) is 28.8 Å². The zero-order valence-corrected chi connectivity index (χ0v) is 14.1. The van der Waals surface area contributed by atoms with E-state index in [2.05, 4.69) is 21.5 Å². The SMILES string of the molecule is O=C(CCCc1nc(C2CC2)no1)N[C@H]1C[C@@H]1c1cccc(Cl)c1. The number of nitrogens with one attached hydrogen (secondary N) is 1. The molecule has 0 unspecified atom stereocenters. The van der Waals surface area contributed by atoms with Crippen molar-refractivity contribution in [1.29, 1.82) is 0 Å². The molecule has 6 heteroatoms. The molecule has 2 aliphatic carbocycles. The Morgan fingerprint density at radius 3 is 3.04 bits per heavy atom. The highest BCUT2D eigenvalue weighted by Crippen LogP contribution is 2.41. The van der Waals surface area contributed by atoms with Crippen molar-refractivity contribution < 1.29 is 9.32 Å². The molecule has 0 spiro atoms. The lowest BCUT2D eigenvalue weighted by molar-refractivity contribution is -0.121. The number of aryl methyl sites for hydroxylation is 1. The monoisotopic (exact) mass is 345 g/mol. The van der Waals surface area contributed by atoms with Crippen LogP contribution in [0.3, 0.4) is 0 Å². The molecule has 1 aromatic heterocycles. The predicted molar refractivity (Wildman–Crippen MR) is 90.0 cm³/mol. The van der Waals surface area contributed by atoms with Crippen molar-refractivity contribution in [2.75, 3.05) is 0 Å². The van der Waals surface area contributed by atoms with Crippen LogP contribution >= 0.6 is 11.6 Å². The van der Waals surface area contributed by atoms with Crippen LogP contribution in [0.2, 0.25) is 5.02 Å². The molecule has 0 aliphatic heterocycles. The van der Waals surface area contributed by atoms with Crippen molar-refractivity contribution in [3.05, 3.63) is 46.6 Å². The summed E-state index contributed by atoms with van der Waals surface area (Å²) in [4.78, 5) is 16.4. The summed E-state index contributed by atoms with van der Waals surface area (Å²) in [5.41, 5.74) is 1.20. The van der Waals surface area contributed by atoms with Crippen molar-refractivity contribution in [2.24, 2.45) is 0 Å². The molecule has 5 nitrogen and oxygen atoms in total. The summed E-state index contributed by atoms with van der Waals surface area (Å²) in [6.45, 7) is 0. The van der Waals surface area contributed by atoms with E-state index in [9.17, 15) is 4.79 Å². The van der Waals surface area contributed by atoms with Gasteiger partial charge >= 0.3 is 0 Å². The van der Waals surface area contributed by atoms with E-state index in [4.69, 9.17) is 16.1 Å². The van der Waals surface area contributed by atoms with Crippen LogP contribution in [0.4, 0.5) is 0 Å². The summed E-state index contributed by atoms with van der Waals surface area (Å²) < 4.78 is 5.22. The third kappa shape index (κ3) is 3.78. The fraction of sp³-hybridized carbons (Fsp3) is 0.500. The van der Waals surface area contributed by atoms with Gasteiger partial charge in [0.15, 0.2) is 5.82 Å². The lowest BCUT2D eigenvalue weighted by Crippen LogP contribution is -2.26. The van der Waals surface area contributed by atoms with Gasteiger partial charge in [0, 0.05) is 35.7 Å². The molecule has 24 heavy (non-hydrogen) atoms. The molecule has 2 atom stereocenters. The number of benzene rings is 1. The highest BCUT2D eigenvalue weighted by atomic mass is 35.5. The molecule has 1 amide bonds. The van der Waals surface area contributed by atoms with Crippen LogP contribution in [0.1, 0.15) is 61.2 Å². The van der Waals surface area contributed by atoms with E-state index >= 15 is 0 Å². The van der Waals surface area contributed by atoms with Crippen molar-refractivity contribution in [3.8, 4) is 0 Å². The summed E-state index contributed by atoms with van der Waals surface area (Å²) in [6.07, 6.45) is 5.19. The van der Waals surface area contributed by atoms with Gasteiger partial charge in [0.1, 0.15) is 0 Å². The Balaban J connectivity index is 1.19. The van der Waals surface area contributed by atoms with Crippen LogP contribution in [-0.4, -0.2) is 22.1 Å². The predicted octanol–water partition coefficient (Wildman–Crippen LogP) is 3.60. The maximum absolute atomic E-state index is 12.0. The maximum Gasteiger partial charge on any atom is 0.226 e. The second-order valence-corrected chi connectivity index (χ2v) is 7.18. The van der Waals surface area contributed by atoms with E-state index in [1.54, 1.807) is 0 Å². The van der Waals surface area contributed by atoms with E-state index in [1.165, 1.54) is 5.56 Å². The second-order valence-electron chi connectivity index (χ2n) is 6.75. The Bertz CT molecular complexity index is 741. The Morgan fingerprint density at radius 2 is 2.25 bits per heavy atom. The Kier molecular flexibility index (Phi) is 4.27.